The zero-order valence-corrected chi connectivity index (χ0v) is 17.7. The number of aromatic amines is 1. The number of carbonyl (C=O) groups is 2. The predicted molar refractivity (Wildman–Crippen MR) is 123 cm³/mol. The van der Waals surface area contributed by atoms with E-state index in [0.29, 0.717) is 16.9 Å². The highest BCUT2D eigenvalue weighted by Gasteiger charge is 2.48. The van der Waals surface area contributed by atoms with Crippen molar-refractivity contribution in [3.05, 3.63) is 101 Å². The molecule has 1 fully saturated rings. The number of para-hydroxylation sites is 1. The number of aryl methyl sites for hydroxylation is 2. The second kappa shape index (κ2) is 7.50. The van der Waals surface area contributed by atoms with Crippen LogP contribution in [0.5, 0.6) is 0 Å². The van der Waals surface area contributed by atoms with E-state index < -0.39 is 17.7 Å². The molecule has 0 radical (unpaired) electrons. The third-order valence-electron chi connectivity index (χ3n) is 5.87. The number of amides is 1. The predicted octanol–water partition coefficient (Wildman–Crippen LogP) is 4.81. The summed E-state index contributed by atoms with van der Waals surface area (Å²) in [7, 11) is 0. The molecule has 1 saturated heterocycles. The van der Waals surface area contributed by atoms with Crippen molar-refractivity contribution < 1.29 is 14.7 Å². The van der Waals surface area contributed by atoms with E-state index in [2.05, 4.69) is 9.97 Å². The van der Waals surface area contributed by atoms with E-state index in [9.17, 15) is 14.7 Å². The Morgan fingerprint density at radius 3 is 2.56 bits per heavy atom. The standard InChI is InChI=1S/C26H21N3O3/c1-15-10-11-21(16(2)13-15)29-23(20-9-5-6-12-27-20)22(25(31)26(29)32)24(30)18-14-28-19-8-4-3-7-17(18)19/h3-14,23,28,30H,1-2H3/b24-22-. The molecule has 3 heterocycles. The fraction of sp³-hybridized carbons (Fsp3) is 0.115. The number of carbonyl (C=O) groups excluding carboxylic acids is 2. The van der Waals surface area contributed by atoms with Gasteiger partial charge in [-0.2, -0.15) is 0 Å². The zero-order chi connectivity index (χ0) is 22.4. The molecule has 2 N–H and O–H groups in total. The van der Waals surface area contributed by atoms with E-state index >= 15 is 0 Å². The molecule has 6 heteroatoms. The lowest BCUT2D eigenvalue weighted by Crippen LogP contribution is -2.30. The molecule has 0 spiro atoms. The summed E-state index contributed by atoms with van der Waals surface area (Å²) in [4.78, 5) is 35.5. The van der Waals surface area contributed by atoms with E-state index in [0.717, 1.165) is 22.0 Å². The van der Waals surface area contributed by atoms with Crippen molar-refractivity contribution in [3.8, 4) is 0 Å². The molecule has 0 saturated carbocycles. The average molecular weight is 423 g/mol. The highest BCUT2D eigenvalue weighted by molar-refractivity contribution is 6.51. The maximum atomic E-state index is 13.3. The first-order valence-corrected chi connectivity index (χ1v) is 10.3. The van der Waals surface area contributed by atoms with E-state index in [1.807, 2.05) is 56.3 Å². The lowest BCUT2D eigenvalue weighted by atomic mass is 9.97. The third-order valence-corrected chi connectivity index (χ3v) is 5.87. The molecule has 4 aromatic rings. The van der Waals surface area contributed by atoms with Gasteiger partial charge in [-0.25, -0.2) is 0 Å². The van der Waals surface area contributed by atoms with E-state index in [1.54, 1.807) is 30.6 Å². The number of aromatic nitrogens is 2. The van der Waals surface area contributed by atoms with Crippen LogP contribution in [0.4, 0.5) is 5.69 Å². The molecule has 1 aliphatic heterocycles. The van der Waals surface area contributed by atoms with E-state index in [-0.39, 0.29) is 11.3 Å². The minimum absolute atomic E-state index is 0.0263. The molecule has 2 aromatic carbocycles. The second-order valence-corrected chi connectivity index (χ2v) is 7.96. The van der Waals surface area contributed by atoms with Gasteiger partial charge < -0.3 is 10.1 Å². The minimum Gasteiger partial charge on any atom is -0.507 e. The van der Waals surface area contributed by atoms with Gasteiger partial charge in [0, 0.05) is 34.5 Å². The maximum absolute atomic E-state index is 13.3. The molecule has 1 aliphatic rings. The minimum atomic E-state index is -0.841. The Kier molecular flexibility index (Phi) is 4.63. The van der Waals surface area contributed by atoms with Gasteiger partial charge in [0.25, 0.3) is 11.7 Å². The highest BCUT2D eigenvalue weighted by atomic mass is 16.3. The number of nitrogens with one attached hydrogen (secondary N) is 1. The van der Waals surface area contributed by atoms with Crippen molar-refractivity contribution in [1.82, 2.24) is 9.97 Å². The van der Waals surface area contributed by atoms with Crippen LogP contribution in [0.3, 0.4) is 0 Å². The van der Waals surface area contributed by atoms with Crippen molar-refractivity contribution in [2.24, 2.45) is 0 Å². The van der Waals surface area contributed by atoms with Crippen LogP contribution in [-0.2, 0) is 9.59 Å². The van der Waals surface area contributed by atoms with Crippen LogP contribution in [0.15, 0.2) is 78.6 Å². The summed E-state index contributed by atoms with van der Waals surface area (Å²) in [5.41, 5.74) is 4.36. The number of H-pyrrole nitrogens is 1. The van der Waals surface area contributed by atoms with Crippen LogP contribution in [0, 0.1) is 13.8 Å². The Morgan fingerprint density at radius 1 is 1.03 bits per heavy atom. The Bertz CT molecular complexity index is 1400. The molecule has 1 atom stereocenters. The molecule has 1 amide bonds. The number of aliphatic hydroxyl groups excluding tert-OH is 1. The smallest absolute Gasteiger partial charge is 0.300 e. The maximum Gasteiger partial charge on any atom is 0.300 e. The molecule has 1 unspecified atom stereocenters. The van der Waals surface area contributed by atoms with Gasteiger partial charge in [0.1, 0.15) is 11.8 Å². The Morgan fingerprint density at radius 2 is 1.81 bits per heavy atom. The Hall–Kier alpha value is -4.19. The van der Waals surface area contributed by atoms with Crippen molar-refractivity contribution in [2.75, 3.05) is 4.90 Å². The monoisotopic (exact) mass is 423 g/mol. The van der Waals surface area contributed by atoms with Gasteiger partial charge >= 0.3 is 0 Å². The van der Waals surface area contributed by atoms with Crippen LogP contribution in [0.25, 0.3) is 16.7 Å². The number of benzene rings is 2. The number of pyridine rings is 1. The van der Waals surface area contributed by atoms with Gasteiger partial charge in [0.15, 0.2) is 0 Å². The van der Waals surface area contributed by atoms with Crippen molar-refractivity contribution in [3.63, 3.8) is 0 Å². The highest BCUT2D eigenvalue weighted by Crippen LogP contribution is 2.43. The Balaban J connectivity index is 1.77. The lowest BCUT2D eigenvalue weighted by molar-refractivity contribution is -0.132. The third kappa shape index (κ3) is 3.00. The van der Waals surface area contributed by atoms with Gasteiger partial charge in [-0.1, -0.05) is 42.0 Å². The number of Topliss-reactive ketones (excluding diaryl/α,β-unsaturated/α-hetero) is 1. The van der Waals surface area contributed by atoms with Crippen LogP contribution >= 0.6 is 0 Å². The van der Waals surface area contributed by atoms with Crippen LogP contribution in [-0.4, -0.2) is 26.8 Å². The van der Waals surface area contributed by atoms with Gasteiger partial charge in [0.05, 0.1) is 11.3 Å². The summed E-state index contributed by atoms with van der Waals surface area (Å²) in [6, 6.07) is 17.7. The van der Waals surface area contributed by atoms with Crippen molar-refractivity contribution in [1.29, 1.82) is 0 Å². The number of hydrogen-bond donors (Lipinski definition) is 2. The first kappa shape index (κ1) is 19.8. The number of rotatable bonds is 3. The number of fused-ring (bicyclic) bond motifs is 1. The summed E-state index contributed by atoms with van der Waals surface area (Å²) in [6.45, 7) is 3.87. The number of ketones is 1. The number of anilines is 1. The second-order valence-electron chi connectivity index (χ2n) is 7.96. The Labute approximate surface area is 184 Å². The zero-order valence-electron chi connectivity index (χ0n) is 17.7. The number of aliphatic hydroxyl groups is 1. The van der Waals surface area contributed by atoms with Gasteiger partial charge in [-0.15, -0.1) is 0 Å². The molecular formula is C26H21N3O3. The van der Waals surface area contributed by atoms with Crippen molar-refractivity contribution >= 4 is 34.0 Å². The van der Waals surface area contributed by atoms with E-state index in [4.69, 9.17) is 0 Å². The van der Waals surface area contributed by atoms with Crippen LogP contribution in [0.2, 0.25) is 0 Å². The summed E-state index contributed by atoms with van der Waals surface area (Å²) in [5, 5.41) is 12.1. The molecule has 158 valence electrons. The van der Waals surface area contributed by atoms with Crippen LogP contribution in [0.1, 0.15) is 28.4 Å². The average Bonchev–Trinajstić information content (AvgIpc) is 3.34. The SMILES string of the molecule is Cc1ccc(N2C(=O)C(=O)/C(=C(\O)c3c[nH]c4ccccc34)C2c2ccccn2)c(C)c1. The van der Waals surface area contributed by atoms with Gasteiger partial charge in [-0.05, 0) is 43.7 Å². The molecule has 6 nitrogen and oxygen atoms in total. The molecule has 2 aromatic heterocycles. The number of hydrogen-bond acceptors (Lipinski definition) is 4. The fourth-order valence-electron chi connectivity index (χ4n) is 4.39. The normalized spacial score (nSPS) is 17.9. The first-order chi connectivity index (χ1) is 15.5. The fourth-order valence-corrected chi connectivity index (χ4v) is 4.39. The topological polar surface area (TPSA) is 86.3 Å². The molecule has 5 rings (SSSR count). The van der Waals surface area contributed by atoms with Gasteiger partial charge in [0.2, 0.25) is 0 Å². The van der Waals surface area contributed by atoms with Crippen LogP contribution < -0.4 is 4.90 Å². The molecular weight excluding hydrogens is 402 g/mol. The van der Waals surface area contributed by atoms with Gasteiger partial charge in [-0.3, -0.25) is 19.5 Å². The largest absolute Gasteiger partial charge is 0.507 e. The summed E-state index contributed by atoms with van der Waals surface area (Å²) >= 11 is 0. The molecule has 0 aliphatic carbocycles. The summed E-state index contributed by atoms with van der Waals surface area (Å²) < 4.78 is 0. The lowest BCUT2D eigenvalue weighted by Gasteiger charge is -2.26. The van der Waals surface area contributed by atoms with E-state index in [1.165, 1.54) is 4.90 Å². The molecule has 0 bridgehead atoms. The summed E-state index contributed by atoms with van der Waals surface area (Å²) in [6.07, 6.45) is 3.27. The van der Waals surface area contributed by atoms with Crippen molar-refractivity contribution in [2.45, 2.75) is 19.9 Å². The number of nitrogens with zero attached hydrogens (tertiary/aromatic N) is 2. The molecule has 32 heavy (non-hydrogen) atoms. The first-order valence-electron chi connectivity index (χ1n) is 10.3. The quantitative estimate of drug-likeness (QED) is 0.281. The summed E-state index contributed by atoms with van der Waals surface area (Å²) in [5.74, 6) is -1.64.